The van der Waals surface area contributed by atoms with E-state index >= 15 is 0 Å². The molecule has 0 aliphatic carbocycles. The summed E-state index contributed by atoms with van der Waals surface area (Å²) in [5.74, 6) is -4.84. The van der Waals surface area contributed by atoms with Crippen LogP contribution < -0.4 is 10.6 Å². The maximum atomic E-state index is 13.2. The number of thiocarbonyl (C=S) groups is 2. The third kappa shape index (κ3) is 9.80. The highest BCUT2D eigenvalue weighted by Crippen LogP contribution is 2.42. The zero-order valence-electron chi connectivity index (χ0n) is 26.3. The summed E-state index contributed by atoms with van der Waals surface area (Å²) in [5, 5.41) is 42.8. The molecule has 0 atom stereocenters. The molecule has 0 radical (unpaired) electrons. The van der Waals surface area contributed by atoms with E-state index in [1.807, 2.05) is 0 Å². The summed E-state index contributed by atoms with van der Waals surface area (Å²) in [6.07, 6.45) is 3.69. The van der Waals surface area contributed by atoms with Gasteiger partial charge in [-0.25, -0.2) is 9.59 Å². The number of benzene rings is 2. The van der Waals surface area contributed by atoms with E-state index in [4.69, 9.17) is 34.6 Å². The molecule has 2 aliphatic heterocycles. The monoisotopic (exact) mass is 760 g/mol. The van der Waals surface area contributed by atoms with Gasteiger partial charge in [0, 0.05) is 49.4 Å². The van der Waals surface area contributed by atoms with Gasteiger partial charge in [-0.2, -0.15) is 0 Å². The quantitative estimate of drug-likeness (QED) is 0.0745. The van der Waals surface area contributed by atoms with Gasteiger partial charge in [-0.3, -0.25) is 29.0 Å². The van der Waals surface area contributed by atoms with Crippen molar-refractivity contribution in [2.24, 2.45) is 0 Å². The molecule has 0 saturated carbocycles. The molecule has 264 valence electrons. The summed E-state index contributed by atoms with van der Waals surface area (Å²) in [5.41, 5.74) is 0.00205. The van der Waals surface area contributed by atoms with Crippen molar-refractivity contribution in [1.82, 2.24) is 9.80 Å². The summed E-state index contributed by atoms with van der Waals surface area (Å²) >= 11 is 12.9. The molecule has 2 saturated heterocycles. The van der Waals surface area contributed by atoms with E-state index < -0.39 is 23.4 Å². The lowest BCUT2D eigenvalue weighted by Gasteiger charge is -2.14. The zero-order chi connectivity index (χ0) is 36.5. The minimum absolute atomic E-state index is 0.172. The lowest BCUT2D eigenvalue weighted by Crippen LogP contribution is -2.31. The smallest absolute Gasteiger partial charge is 0.339 e. The van der Waals surface area contributed by atoms with Crippen molar-refractivity contribution in [3.63, 3.8) is 0 Å². The molecule has 6 N–H and O–H groups in total. The standard InChI is InChI=1S/C32H32N4O10S4/c37-21-15-17(9-11-19(21)29(43)44)33-23(39)7-3-1-5-13-35-27(41)25(49-31(35)47)26-28(42)36(32(48)50-26)14-6-2-4-8-24(40)34-18-10-12-20(30(45)46)22(38)16-18/h9-12,15-16,37-38H,1-8,13-14H2,(H,33,39)(H,34,40)(H,43,44)(H,45,46)/b26-25+. The van der Waals surface area contributed by atoms with Crippen molar-refractivity contribution in [2.45, 2.75) is 51.4 Å². The van der Waals surface area contributed by atoms with Crippen LogP contribution in [0.2, 0.25) is 0 Å². The number of unbranched alkanes of at least 4 members (excludes halogenated alkanes) is 4. The Morgan fingerprint density at radius 3 is 1.34 bits per heavy atom. The van der Waals surface area contributed by atoms with Gasteiger partial charge in [0.1, 0.15) is 31.3 Å². The van der Waals surface area contributed by atoms with Crippen LogP contribution in [-0.2, 0) is 19.2 Å². The molecule has 2 fully saturated rings. The summed E-state index contributed by atoms with van der Waals surface area (Å²) in [7, 11) is 0. The summed E-state index contributed by atoms with van der Waals surface area (Å²) in [4.78, 5) is 76.3. The highest BCUT2D eigenvalue weighted by atomic mass is 32.2. The van der Waals surface area contributed by atoms with E-state index in [0.29, 0.717) is 60.3 Å². The first-order valence-corrected chi connectivity index (χ1v) is 17.8. The lowest BCUT2D eigenvalue weighted by molar-refractivity contribution is -0.124. The summed E-state index contributed by atoms with van der Waals surface area (Å²) in [6, 6.07) is 7.50. The number of aromatic hydroxyl groups is 2. The van der Waals surface area contributed by atoms with Crippen LogP contribution in [0.4, 0.5) is 11.4 Å². The Bertz CT molecular complexity index is 1670. The van der Waals surface area contributed by atoms with Crippen LogP contribution in [-0.4, -0.2) is 87.5 Å². The van der Waals surface area contributed by atoms with Crippen LogP contribution in [0.15, 0.2) is 46.2 Å². The molecule has 14 nitrogen and oxygen atoms in total. The van der Waals surface area contributed by atoms with Gasteiger partial charge in [-0.05, 0) is 49.9 Å². The number of nitrogens with zero attached hydrogens (tertiary/aromatic N) is 2. The molecular formula is C32H32N4O10S4. The zero-order valence-corrected chi connectivity index (χ0v) is 29.6. The number of carboxylic acids is 2. The van der Waals surface area contributed by atoms with E-state index in [-0.39, 0.29) is 68.8 Å². The van der Waals surface area contributed by atoms with Crippen LogP contribution in [0.5, 0.6) is 11.5 Å². The Morgan fingerprint density at radius 1 is 0.620 bits per heavy atom. The van der Waals surface area contributed by atoms with Crippen molar-refractivity contribution in [1.29, 1.82) is 0 Å². The Hall–Kier alpha value is -4.52. The molecule has 2 aromatic rings. The SMILES string of the molecule is O=C(CCCCCN1C(=O)/C(=C2\SC(=S)N(CCCCCC(=O)Nc3ccc(C(=O)O)c(O)c3)C2=O)SC1=S)Nc1ccc(C(=O)O)c(O)c1. The molecule has 4 rings (SSSR count). The van der Waals surface area contributed by atoms with Gasteiger partial charge < -0.3 is 31.1 Å². The Labute approximate surface area is 305 Å². The maximum absolute atomic E-state index is 13.2. The first-order chi connectivity index (χ1) is 23.8. The number of thioether (sulfide) groups is 2. The molecule has 4 amide bonds. The number of amides is 4. The molecular weight excluding hydrogens is 729 g/mol. The second-order valence-corrected chi connectivity index (χ2v) is 14.4. The minimum Gasteiger partial charge on any atom is -0.507 e. The topological polar surface area (TPSA) is 214 Å². The number of phenols is 2. The molecule has 0 unspecified atom stereocenters. The minimum atomic E-state index is -1.28. The lowest BCUT2D eigenvalue weighted by atomic mass is 10.1. The van der Waals surface area contributed by atoms with Gasteiger partial charge in [-0.15, -0.1) is 0 Å². The second kappa shape index (κ2) is 17.4. The van der Waals surface area contributed by atoms with Gasteiger partial charge in [0.15, 0.2) is 0 Å². The number of nitrogens with one attached hydrogen (secondary N) is 2. The number of anilines is 2. The molecule has 0 bridgehead atoms. The Morgan fingerprint density at radius 2 is 1.00 bits per heavy atom. The van der Waals surface area contributed by atoms with Crippen LogP contribution in [0.1, 0.15) is 72.1 Å². The third-order valence-corrected chi connectivity index (χ3v) is 10.5. The fraction of sp³-hybridized carbons (Fsp3) is 0.312. The molecule has 18 heteroatoms. The predicted octanol–water partition coefficient (Wildman–Crippen LogP) is 5.12. The van der Waals surface area contributed by atoms with Crippen LogP contribution in [0.25, 0.3) is 0 Å². The number of carboxylic acid groups (broad SMARTS) is 2. The fourth-order valence-electron chi connectivity index (χ4n) is 4.95. The summed E-state index contributed by atoms with van der Waals surface area (Å²) in [6.45, 7) is 0.617. The third-order valence-electron chi connectivity index (χ3n) is 7.50. The van der Waals surface area contributed by atoms with Crippen molar-refractivity contribution in [3.05, 3.63) is 57.3 Å². The number of carbonyl (C=O) groups is 6. The average molecular weight is 761 g/mol. The second-order valence-electron chi connectivity index (χ2n) is 11.1. The fourth-order valence-corrected chi connectivity index (χ4v) is 7.72. The van der Waals surface area contributed by atoms with Crippen LogP contribution in [0, 0.1) is 0 Å². The first-order valence-electron chi connectivity index (χ1n) is 15.3. The number of hydrogen-bond acceptors (Lipinski definition) is 12. The maximum Gasteiger partial charge on any atom is 0.339 e. The number of aromatic carboxylic acids is 2. The Balaban J connectivity index is 1.17. The van der Waals surface area contributed by atoms with E-state index in [2.05, 4.69) is 10.6 Å². The first kappa shape index (κ1) is 38.3. The van der Waals surface area contributed by atoms with Gasteiger partial charge in [0.25, 0.3) is 11.8 Å². The molecule has 2 aliphatic rings. The molecule has 2 aromatic carbocycles. The molecule has 50 heavy (non-hydrogen) atoms. The number of rotatable bonds is 16. The highest BCUT2D eigenvalue weighted by molar-refractivity contribution is 8.29. The van der Waals surface area contributed by atoms with E-state index in [9.17, 15) is 39.0 Å². The molecule has 0 spiro atoms. The van der Waals surface area contributed by atoms with E-state index in [0.717, 1.165) is 23.5 Å². The van der Waals surface area contributed by atoms with Gasteiger partial charge >= 0.3 is 11.9 Å². The average Bonchev–Trinajstić information content (AvgIpc) is 3.48. The predicted molar refractivity (Wildman–Crippen MR) is 195 cm³/mol. The van der Waals surface area contributed by atoms with E-state index in [1.165, 1.54) is 46.2 Å². The molecule has 0 aromatic heterocycles. The Kier molecular flexibility index (Phi) is 13.3. The van der Waals surface area contributed by atoms with Gasteiger partial charge in [0.2, 0.25) is 11.8 Å². The van der Waals surface area contributed by atoms with Gasteiger partial charge in [0.05, 0.1) is 9.81 Å². The van der Waals surface area contributed by atoms with Crippen molar-refractivity contribution in [2.75, 3.05) is 23.7 Å². The number of hydrogen-bond donors (Lipinski definition) is 6. The van der Waals surface area contributed by atoms with Crippen molar-refractivity contribution >= 4 is 104 Å². The summed E-state index contributed by atoms with van der Waals surface area (Å²) < 4.78 is 0.646. The molecule has 2 heterocycles. The normalized spacial score (nSPS) is 15.9. The van der Waals surface area contributed by atoms with Gasteiger partial charge in [-0.1, -0.05) is 60.8 Å². The largest absolute Gasteiger partial charge is 0.507 e. The van der Waals surface area contributed by atoms with E-state index in [1.54, 1.807) is 0 Å². The van der Waals surface area contributed by atoms with Crippen molar-refractivity contribution < 1.29 is 49.2 Å². The van der Waals surface area contributed by atoms with Crippen molar-refractivity contribution in [3.8, 4) is 11.5 Å². The highest BCUT2D eigenvalue weighted by Gasteiger charge is 2.41. The van der Waals surface area contributed by atoms with Crippen LogP contribution >= 0.6 is 48.0 Å². The number of carbonyl (C=O) groups excluding carboxylic acids is 4. The van der Waals surface area contributed by atoms with Crippen LogP contribution in [0.3, 0.4) is 0 Å².